The van der Waals surface area contributed by atoms with Crippen LogP contribution in [0.15, 0.2) is 53.4 Å². The quantitative estimate of drug-likeness (QED) is 0.604. The number of hydrogen-bond donors (Lipinski definition) is 1. The third kappa shape index (κ3) is 4.26. The van der Waals surface area contributed by atoms with E-state index in [2.05, 4.69) is 10.3 Å². The van der Waals surface area contributed by atoms with Crippen LogP contribution < -0.4 is 5.32 Å². The lowest BCUT2D eigenvalue weighted by Crippen LogP contribution is -2.35. The van der Waals surface area contributed by atoms with Crippen molar-refractivity contribution in [3.63, 3.8) is 0 Å². The molecule has 1 atom stereocenters. The van der Waals surface area contributed by atoms with Crippen LogP contribution in [0.1, 0.15) is 44.1 Å². The average molecular weight is 444 g/mol. The summed E-state index contributed by atoms with van der Waals surface area (Å²) in [7, 11) is -3.50. The van der Waals surface area contributed by atoms with Crippen molar-refractivity contribution in [3.8, 4) is 0 Å². The van der Waals surface area contributed by atoms with Gasteiger partial charge in [0.15, 0.2) is 5.13 Å². The Morgan fingerprint density at radius 1 is 1.13 bits per heavy atom. The smallest absolute Gasteiger partial charge is 0.243 e. The number of anilines is 1. The molecule has 1 aliphatic rings. The van der Waals surface area contributed by atoms with Gasteiger partial charge in [-0.3, -0.25) is 4.79 Å². The average Bonchev–Trinajstić information content (AvgIpc) is 3.17. The molecule has 1 aromatic heterocycles. The Bertz CT molecular complexity index is 1140. The largest absolute Gasteiger partial charge is 0.301 e. The Morgan fingerprint density at radius 2 is 1.87 bits per heavy atom. The van der Waals surface area contributed by atoms with Crippen molar-refractivity contribution in [3.05, 3.63) is 54.1 Å². The van der Waals surface area contributed by atoms with E-state index >= 15 is 0 Å². The molecule has 0 aliphatic carbocycles. The van der Waals surface area contributed by atoms with Gasteiger partial charge in [0.25, 0.3) is 0 Å². The number of fused-ring (bicyclic) bond motifs is 1. The summed E-state index contributed by atoms with van der Waals surface area (Å²) < 4.78 is 28.2. The highest BCUT2D eigenvalue weighted by Crippen LogP contribution is 2.31. The molecule has 1 N–H and O–H groups in total. The Morgan fingerprint density at radius 3 is 2.57 bits per heavy atom. The van der Waals surface area contributed by atoms with Gasteiger partial charge in [0.1, 0.15) is 0 Å². The minimum Gasteiger partial charge on any atom is -0.301 e. The first-order chi connectivity index (χ1) is 14.5. The van der Waals surface area contributed by atoms with Crippen molar-refractivity contribution in [1.82, 2.24) is 9.29 Å². The van der Waals surface area contributed by atoms with E-state index in [1.165, 1.54) is 11.3 Å². The normalized spacial score (nSPS) is 16.4. The van der Waals surface area contributed by atoms with Gasteiger partial charge in [-0.1, -0.05) is 55.0 Å². The van der Waals surface area contributed by atoms with Gasteiger partial charge >= 0.3 is 0 Å². The third-order valence-electron chi connectivity index (χ3n) is 5.47. The molecule has 1 aliphatic heterocycles. The molecule has 8 heteroatoms. The van der Waals surface area contributed by atoms with Gasteiger partial charge in [-0.15, -0.1) is 0 Å². The number of carbonyl (C=O) groups excluding carboxylic acids is 1. The van der Waals surface area contributed by atoms with Crippen LogP contribution in [-0.4, -0.2) is 36.7 Å². The number of carbonyl (C=O) groups is 1. The lowest BCUT2D eigenvalue weighted by Gasteiger charge is -2.25. The summed E-state index contributed by atoms with van der Waals surface area (Å²) >= 11 is 1.30. The lowest BCUT2D eigenvalue weighted by atomic mass is 9.96. The SMILES string of the molecule is CCC(C(=O)Nc1nc2ccc(S(=O)(=O)N3CCCCC3)cc2s1)c1ccccc1. The summed E-state index contributed by atoms with van der Waals surface area (Å²) in [6.07, 6.45) is 3.56. The number of nitrogens with one attached hydrogen (secondary N) is 1. The van der Waals surface area contributed by atoms with Gasteiger partial charge in [-0.25, -0.2) is 13.4 Å². The third-order valence-corrected chi connectivity index (χ3v) is 8.30. The zero-order valence-corrected chi connectivity index (χ0v) is 18.5. The van der Waals surface area contributed by atoms with Crippen molar-refractivity contribution < 1.29 is 13.2 Å². The molecule has 0 bridgehead atoms. The topological polar surface area (TPSA) is 79.4 Å². The summed E-state index contributed by atoms with van der Waals surface area (Å²) in [5, 5.41) is 3.39. The summed E-state index contributed by atoms with van der Waals surface area (Å²) in [6, 6.07) is 14.7. The number of amides is 1. The minimum atomic E-state index is -3.50. The summed E-state index contributed by atoms with van der Waals surface area (Å²) in [6.45, 7) is 3.12. The van der Waals surface area contributed by atoms with E-state index < -0.39 is 10.0 Å². The molecular weight excluding hydrogens is 418 g/mol. The predicted molar refractivity (Wildman–Crippen MR) is 120 cm³/mol. The van der Waals surface area contributed by atoms with Crippen LogP contribution in [-0.2, 0) is 14.8 Å². The number of thiazole rings is 1. The molecule has 1 fully saturated rings. The zero-order chi connectivity index (χ0) is 21.1. The molecule has 1 saturated heterocycles. The van der Waals surface area contributed by atoms with E-state index in [9.17, 15) is 13.2 Å². The number of hydrogen-bond acceptors (Lipinski definition) is 5. The Kier molecular flexibility index (Phi) is 6.17. The molecule has 0 radical (unpaired) electrons. The van der Waals surface area contributed by atoms with E-state index in [1.807, 2.05) is 37.3 Å². The monoisotopic (exact) mass is 443 g/mol. The van der Waals surface area contributed by atoms with Gasteiger partial charge in [0, 0.05) is 13.1 Å². The highest BCUT2D eigenvalue weighted by molar-refractivity contribution is 7.89. The molecule has 0 saturated carbocycles. The maximum atomic E-state index is 12.9. The second kappa shape index (κ2) is 8.83. The first-order valence-corrected chi connectivity index (χ1v) is 12.5. The van der Waals surface area contributed by atoms with Gasteiger partial charge in [0.05, 0.1) is 21.0 Å². The molecule has 2 aromatic carbocycles. The number of nitrogens with zero attached hydrogens (tertiary/aromatic N) is 2. The Hall–Kier alpha value is -2.29. The Balaban J connectivity index is 1.56. The van der Waals surface area contributed by atoms with Crippen LogP contribution in [0.4, 0.5) is 5.13 Å². The van der Waals surface area contributed by atoms with E-state index in [4.69, 9.17) is 0 Å². The zero-order valence-electron chi connectivity index (χ0n) is 16.9. The van der Waals surface area contributed by atoms with Crippen molar-refractivity contribution in [2.24, 2.45) is 0 Å². The first-order valence-electron chi connectivity index (χ1n) is 10.3. The fourth-order valence-electron chi connectivity index (χ4n) is 3.82. The lowest BCUT2D eigenvalue weighted by molar-refractivity contribution is -0.117. The molecule has 6 nitrogen and oxygen atoms in total. The minimum absolute atomic E-state index is 0.107. The van der Waals surface area contributed by atoms with Gasteiger partial charge in [-0.05, 0) is 43.0 Å². The predicted octanol–water partition coefficient (Wildman–Crippen LogP) is 4.60. The number of rotatable bonds is 6. The van der Waals surface area contributed by atoms with Gasteiger partial charge in [0.2, 0.25) is 15.9 Å². The van der Waals surface area contributed by atoms with Crippen molar-refractivity contribution in [2.75, 3.05) is 18.4 Å². The van der Waals surface area contributed by atoms with Crippen LogP contribution in [0.5, 0.6) is 0 Å². The standard InChI is InChI=1S/C22H25N3O3S2/c1-2-18(16-9-5-3-6-10-16)21(26)24-22-23-19-12-11-17(15-20(19)29-22)30(27,28)25-13-7-4-8-14-25/h3,5-6,9-12,15,18H,2,4,7-8,13-14H2,1H3,(H,23,24,26). The fraction of sp³-hybridized carbons (Fsp3) is 0.364. The molecule has 2 heterocycles. The second-order valence-electron chi connectivity index (χ2n) is 7.47. The molecule has 4 rings (SSSR count). The number of aromatic nitrogens is 1. The van der Waals surface area contributed by atoms with Crippen LogP contribution in [0.3, 0.4) is 0 Å². The van der Waals surface area contributed by atoms with Gasteiger partial charge in [-0.2, -0.15) is 4.31 Å². The molecule has 1 unspecified atom stereocenters. The van der Waals surface area contributed by atoms with Crippen LogP contribution in [0, 0.1) is 0 Å². The molecule has 1 amide bonds. The summed E-state index contributed by atoms with van der Waals surface area (Å²) in [5.41, 5.74) is 1.65. The number of sulfonamides is 1. The summed E-state index contributed by atoms with van der Waals surface area (Å²) in [4.78, 5) is 17.6. The van der Waals surface area contributed by atoms with E-state index in [0.717, 1.165) is 29.5 Å². The maximum absolute atomic E-state index is 12.9. The van der Waals surface area contributed by atoms with Crippen molar-refractivity contribution >= 4 is 42.6 Å². The fourth-order valence-corrected chi connectivity index (χ4v) is 6.35. The highest BCUT2D eigenvalue weighted by Gasteiger charge is 2.26. The number of benzene rings is 2. The van der Waals surface area contributed by atoms with Crippen LogP contribution >= 0.6 is 11.3 Å². The van der Waals surface area contributed by atoms with Crippen molar-refractivity contribution in [2.45, 2.75) is 43.4 Å². The van der Waals surface area contributed by atoms with Gasteiger partial charge < -0.3 is 5.32 Å². The van der Waals surface area contributed by atoms with E-state index in [-0.39, 0.29) is 16.7 Å². The molecule has 0 spiro atoms. The molecular formula is C22H25N3O3S2. The first kappa shape index (κ1) is 21.0. The molecule has 158 valence electrons. The van der Waals surface area contributed by atoms with E-state index in [1.54, 1.807) is 22.5 Å². The molecule has 30 heavy (non-hydrogen) atoms. The van der Waals surface area contributed by atoms with Crippen molar-refractivity contribution in [1.29, 1.82) is 0 Å². The number of piperidine rings is 1. The second-order valence-corrected chi connectivity index (χ2v) is 10.4. The summed E-state index contributed by atoms with van der Waals surface area (Å²) in [5.74, 6) is -0.364. The van der Waals surface area contributed by atoms with Crippen LogP contribution in [0.25, 0.3) is 10.2 Å². The highest BCUT2D eigenvalue weighted by atomic mass is 32.2. The van der Waals surface area contributed by atoms with Crippen LogP contribution in [0.2, 0.25) is 0 Å². The maximum Gasteiger partial charge on any atom is 0.243 e. The molecule has 3 aromatic rings. The Labute approximate surface area is 181 Å². The van der Waals surface area contributed by atoms with E-state index in [0.29, 0.717) is 30.2 Å².